The summed E-state index contributed by atoms with van der Waals surface area (Å²) < 4.78 is 5.67. The smallest absolute Gasteiger partial charge is 0.257 e. The molecule has 0 unspecified atom stereocenters. The third-order valence-electron chi connectivity index (χ3n) is 7.94. The van der Waals surface area contributed by atoms with E-state index in [9.17, 15) is 4.79 Å². The van der Waals surface area contributed by atoms with Crippen molar-refractivity contribution in [1.82, 2.24) is 9.91 Å². The van der Waals surface area contributed by atoms with E-state index < -0.39 is 0 Å². The number of likely N-dealkylation sites (tertiary alicyclic amines) is 1. The number of aryl methyl sites for hydroxylation is 2. The maximum Gasteiger partial charge on any atom is 0.257 e. The van der Waals surface area contributed by atoms with E-state index in [1.807, 2.05) is 18.2 Å². The van der Waals surface area contributed by atoms with Crippen LogP contribution in [-0.4, -0.2) is 48.3 Å². The van der Waals surface area contributed by atoms with Crippen molar-refractivity contribution in [3.05, 3.63) is 101 Å². The molecule has 1 saturated heterocycles. The molecule has 0 radical (unpaired) electrons. The first-order valence-electron chi connectivity index (χ1n) is 13.4. The van der Waals surface area contributed by atoms with Crippen LogP contribution in [-0.2, 0) is 11.2 Å². The second kappa shape index (κ2) is 11.3. The van der Waals surface area contributed by atoms with Crippen molar-refractivity contribution in [2.24, 2.45) is 11.0 Å². The van der Waals surface area contributed by atoms with Crippen molar-refractivity contribution in [1.29, 1.82) is 0 Å². The molecule has 2 aliphatic heterocycles. The fourth-order valence-corrected chi connectivity index (χ4v) is 5.58. The van der Waals surface area contributed by atoms with Crippen LogP contribution in [0.1, 0.15) is 53.1 Å². The van der Waals surface area contributed by atoms with Gasteiger partial charge in [-0.1, -0.05) is 60.7 Å². The summed E-state index contributed by atoms with van der Waals surface area (Å²) in [6.45, 7) is 6.53. The number of hydrogen-bond donors (Lipinski definition) is 0. The first-order chi connectivity index (χ1) is 18.0. The molecule has 1 fully saturated rings. The molecule has 3 aromatic rings. The summed E-state index contributed by atoms with van der Waals surface area (Å²) in [5, 5.41) is 6.64. The van der Waals surface area contributed by atoms with Crippen LogP contribution in [0.4, 0.5) is 0 Å². The molecule has 0 saturated carbocycles. The van der Waals surface area contributed by atoms with E-state index in [0.29, 0.717) is 18.9 Å². The third kappa shape index (κ3) is 5.78. The number of nitrogens with zero attached hydrogens (tertiary/aromatic N) is 3. The molecule has 192 valence electrons. The normalized spacial score (nSPS) is 18.6. The van der Waals surface area contributed by atoms with Gasteiger partial charge < -0.3 is 4.74 Å². The lowest BCUT2D eigenvalue weighted by Crippen LogP contribution is -2.42. The number of piperidine rings is 1. The molecule has 0 N–H and O–H groups in total. The Morgan fingerprint density at radius 1 is 0.946 bits per heavy atom. The summed E-state index contributed by atoms with van der Waals surface area (Å²) >= 11 is 0. The van der Waals surface area contributed by atoms with Crippen molar-refractivity contribution in [2.75, 3.05) is 26.7 Å². The zero-order valence-corrected chi connectivity index (χ0v) is 22.2. The van der Waals surface area contributed by atoms with Crippen LogP contribution in [0.3, 0.4) is 0 Å². The van der Waals surface area contributed by atoms with E-state index in [2.05, 4.69) is 73.3 Å². The second-order valence-corrected chi connectivity index (χ2v) is 10.5. The topological polar surface area (TPSA) is 45.1 Å². The van der Waals surface area contributed by atoms with Gasteiger partial charge in [-0.25, -0.2) is 5.01 Å². The highest BCUT2D eigenvalue weighted by Crippen LogP contribution is 2.37. The summed E-state index contributed by atoms with van der Waals surface area (Å²) in [5.74, 6) is 1.52. The summed E-state index contributed by atoms with van der Waals surface area (Å²) in [7, 11) is 1.69. The maximum atomic E-state index is 13.7. The van der Waals surface area contributed by atoms with Gasteiger partial charge in [0.1, 0.15) is 5.75 Å². The van der Waals surface area contributed by atoms with Gasteiger partial charge in [0.15, 0.2) is 0 Å². The molecule has 37 heavy (non-hydrogen) atoms. The van der Waals surface area contributed by atoms with Crippen LogP contribution < -0.4 is 4.74 Å². The van der Waals surface area contributed by atoms with Crippen LogP contribution >= 0.6 is 0 Å². The summed E-state index contributed by atoms with van der Waals surface area (Å²) in [5.41, 5.74) is 6.93. The number of carbonyl (C=O) groups excluding carboxylic acids is 1. The zero-order chi connectivity index (χ0) is 25.8. The molecule has 5 nitrogen and oxygen atoms in total. The van der Waals surface area contributed by atoms with Gasteiger partial charge in [-0.15, -0.1) is 0 Å². The van der Waals surface area contributed by atoms with Crippen molar-refractivity contribution in [2.45, 2.75) is 45.6 Å². The molecule has 1 amide bonds. The lowest BCUT2D eigenvalue weighted by atomic mass is 9.90. The number of para-hydroxylation sites is 1. The Balaban J connectivity index is 1.31. The highest BCUT2D eigenvalue weighted by Gasteiger charge is 2.35. The number of amides is 1. The number of methoxy groups -OCH3 is 1. The summed E-state index contributed by atoms with van der Waals surface area (Å²) in [6, 6.07) is 25.0. The number of benzene rings is 3. The monoisotopic (exact) mass is 495 g/mol. The van der Waals surface area contributed by atoms with E-state index in [1.165, 1.54) is 16.7 Å². The highest BCUT2D eigenvalue weighted by molar-refractivity contribution is 6.03. The van der Waals surface area contributed by atoms with Gasteiger partial charge in [0.25, 0.3) is 5.91 Å². The molecule has 2 aliphatic rings. The van der Waals surface area contributed by atoms with Gasteiger partial charge >= 0.3 is 0 Å². The van der Waals surface area contributed by atoms with Crippen molar-refractivity contribution >= 4 is 11.6 Å². The molecule has 0 aromatic heterocycles. The Morgan fingerprint density at radius 3 is 2.41 bits per heavy atom. The molecule has 5 heteroatoms. The molecule has 2 heterocycles. The lowest BCUT2D eigenvalue weighted by Gasteiger charge is -2.33. The summed E-state index contributed by atoms with van der Waals surface area (Å²) in [6.07, 6.45) is 4.03. The average molecular weight is 496 g/mol. The first kappa shape index (κ1) is 25.2. The molecule has 0 spiro atoms. The van der Waals surface area contributed by atoms with Gasteiger partial charge in [0.05, 0.1) is 25.4 Å². The highest BCUT2D eigenvalue weighted by atomic mass is 16.5. The largest absolute Gasteiger partial charge is 0.496 e. The maximum absolute atomic E-state index is 13.7. The van der Waals surface area contributed by atoms with Crippen LogP contribution in [0.15, 0.2) is 77.9 Å². The fraction of sp³-hybridized carbons (Fsp3) is 0.375. The Kier molecular flexibility index (Phi) is 7.71. The Bertz CT molecular complexity index is 1260. The van der Waals surface area contributed by atoms with Crippen molar-refractivity contribution in [3.8, 4) is 5.75 Å². The van der Waals surface area contributed by atoms with Crippen LogP contribution in [0, 0.1) is 19.8 Å². The molecule has 3 aromatic carbocycles. The third-order valence-corrected chi connectivity index (χ3v) is 7.94. The molecule has 5 rings (SSSR count). The molecular weight excluding hydrogens is 458 g/mol. The fourth-order valence-electron chi connectivity index (χ4n) is 5.58. The number of rotatable bonds is 7. The van der Waals surface area contributed by atoms with Gasteiger partial charge in [0.2, 0.25) is 0 Å². The number of hydrogen-bond acceptors (Lipinski definition) is 4. The van der Waals surface area contributed by atoms with E-state index in [0.717, 1.165) is 54.9 Å². The predicted octanol–water partition coefficient (Wildman–Crippen LogP) is 5.94. The molecule has 1 atom stereocenters. The standard InChI is InChI=1S/C32H37N3O2/c1-23-13-14-27(19-24(23)2)29-21-30(28-11-7-8-12-31(28)37-3)35(33-29)32(36)22-34-17-15-26(16-18-34)20-25-9-5-4-6-10-25/h4-14,19,26,30H,15-18,20-22H2,1-3H3/t30-/m0/s1. The number of carbonyl (C=O) groups is 1. The lowest BCUT2D eigenvalue weighted by molar-refractivity contribution is -0.134. The molecule has 0 bridgehead atoms. The molecular formula is C32H37N3O2. The number of hydrazone groups is 1. The zero-order valence-electron chi connectivity index (χ0n) is 22.2. The van der Waals surface area contributed by atoms with Gasteiger partial charge in [-0.05, 0) is 86.5 Å². The Hall–Kier alpha value is -3.44. The van der Waals surface area contributed by atoms with E-state index in [1.54, 1.807) is 12.1 Å². The number of ether oxygens (including phenoxy) is 1. The second-order valence-electron chi connectivity index (χ2n) is 10.5. The van der Waals surface area contributed by atoms with Crippen LogP contribution in [0.5, 0.6) is 5.75 Å². The van der Waals surface area contributed by atoms with E-state index in [-0.39, 0.29) is 11.9 Å². The van der Waals surface area contributed by atoms with E-state index >= 15 is 0 Å². The summed E-state index contributed by atoms with van der Waals surface area (Å²) in [4.78, 5) is 16.0. The van der Waals surface area contributed by atoms with Gasteiger partial charge in [0, 0.05) is 12.0 Å². The van der Waals surface area contributed by atoms with Crippen LogP contribution in [0.2, 0.25) is 0 Å². The Labute approximate surface area is 220 Å². The quantitative estimate of drug-likeness (QED) is 0.407. The Morgan fingerprint density at radius 2 is 1.68 bits per heavy atom. The minimum Gasteiger partial charge on any atom is -0.496 e. The minimum absolute atomic E-state index is 0.0521. The molecule has 0 aliphatic carbocycles. The predicted molar refractivity (Wildman–Crippen MR) is 149 cm³/mol. The minimum atomic E-state index is -0.170. The first-order valence-corrected chi connectivity index (χ1v) is 13.4. The van der Waals surface area contributed by atoms with Crippen LogP contribution in [0.25, 0.3) is 0 Å². The van der Waals surface area contributed by atoms with Gasteiger partial charge in [-0.2, -0.15) is 5.10 Å². The SMILES string of the molecule is COc1ccccc1[C@@H]1CC(c2ccc(C)c(C)c2)=NN1C(=O)CN1CCC(Cc2ccccc2)CC1. The average Bonchev–Trinajstić information content (AvgIpc) is 3.37. The van der Waals surface area contributed by atoms with E-state index in [4.69, 9.17) is 9.84 Å². The van der Waals surface area contributed by atoms with Gasteiger partial charge in [-0.3, -0.25) is 9.69 Å². The van der Waals surface area contributed by atoms with Crippen molar-refractivity contribution < 1.29 is 9.53 Å². The van der Waals surface area contributed by atoms with Crippen molar-refractivity contribution in [3.63, 3.8) is 0 Å².